The Bertz CT molecular complexity index is 3130. The summed E-state index contributed by atoms with van der Waals surface area (Å²) >= 11 is 0.606. The van der Waals surface area contributed by atoms with Crippen molar-refractivity contribution in [2.75, 3.05) is 37.8 Å². The van der Waals surface area contributed by atoms with Gasteiger partial charge < -0.3 is 50.9 Å². The molecule has 3 rings (SSSR count). The van der Waals surface area contributed by atoms with Crippen LogP contribution in [0.3, 0.4) is 0 Å². The van der Waals surface area contributed by atoms with E-state index in [0.29, 0.717) is 18.2 Å². The summed E-state index contributed by atoms with van der Waals surface area (Å²) in [4.78, 5) is 222. The second-order valence-electron chi connectivity index (χ2n) is 20.6. The molecule has 1 aliphatic heterocycles. The Kier molecular flexibility index (Phi) is 30.6. The first kappa shape index (κ1) is 76.2. The number of fused-ring (bicyclic) bond motifs is 1. The second kappa shape index (κ2) is 35.4. The molecular weight excluding hydrogens is 1260 g/mol. The van der Waals surface area contributed by atoms with Crippen molar-refractivity contribution in [1.29, 1.82) is 0 Å². The number of nitrogens with one attached hydrogen (secondary N) is 2. The number of aliphatic hydroxyl groups excluding tert-OH is 2. The first-order chi connectivity index (χ1) is 40.9. The van der Waals surface area contributed by atoms with Gasteiger partial charge in [-0.2, -0.15) is 4.31 Å². The van der Waals surface area contributed by atoms with E-state index in [9.17, 15) is 111 Å². The van der Waals surface area contributed by atoms with E-state index in [0.717, 1.165) is 30.1 Å². The van der Waals surface area contributed by atoms with Crippen LogP contribution >= 0.6 is 35.2 Å². The number of Topliss-reactive ketones (excluding diaryl/α,β-unsaturated/α-hetero) is 11. The van der Waals surface area contributed by atoms with Crippen molar-refractivity contribution >= 4 is 133 Å². The van der Waals surface area contributed by atoms with Crippen molar-refractivity contribution in [3.8, 4) is 0 Å². The van der Waals surface area contributed by atoms with Crippen LogP contribution in [-0.4, -0.2) is 186 Å². The van der Waals surface area contributed by atoms with Crippen LogP contribution < -0.4 is 16.4 Å². The number of carbonyl (C=O) groups excluding carboxylic acids is 14. The number of imidazole rings is 1. The third-order valence-electron chi connectivity index (χ3n) is 12.1. The fourth-order valence-corrected chi connectivity index (χ4v) is 11.5. The maximum absolute atomic E-state index is 12.8. The van der Waals surface area contributed by atoms with E-state index in [1.807, 2.05) is 6.92 Å². The number of ketones is 11. The highest BCUT2D eigenvalue weighted by atomic mass is 32.2. The zero-order chi connectivity index (χ0) is 66.3. The van der Waals surface area contributed by atoms with Gasteiger partial charge in [0, 0.05) is 37.1 Å². The number of aliphatic hydroxyl groups is 2. The van der Waals surface area contributed by atoms with Gasteiger partial charge in [0.25, 0.3) is 0 Å². The van der Waals surface area contributed by atoms with Gasteiger partial charge in [-0.1, -0.05) is 45.4 Å². The van der Waals surface area contributed by atoms with E-state index in [4.69, 9.17) is 19.5 Å². The molecule has 0 radical (unpaired) electrons. The topological polar surface area (TPSA) is 551 Å². The number of aromatic nitrogens is 4. The predicted molar refractivity (Wildman–Crippen MR) is 297 cm³/mol. The maximum Gasteiger partial charge on any atom is 0.481 e. The lowest BCUT2D eigenvalue weighted by Gasteiger charge is -2.30. The molecule has 3 heterocycles. The number of rotatable bonds is 45. The molecule has 488 valence electrons. The Hall–Kier alpha value is -6.07. The van der Waals surface area contributed by atoms with Crippen LogP contribution in [0, 0.1) is 5.41 Å². The van der Waals surface area contributed by atoms with Gasteiger partial charge in [0.2, 0.25) is 11.8 Å². The number of hydrogen-bond acceptors (Lipinski definition) is 29. The number of thioether (sulfide) groups is 1. The van der Waals surface area contributed by atoms with Gasteiger partial charge in [-0.25, -0.2) is 28.6 Å². The predicted octanol–water partition coefficient (Wildman–Crippen LogP) is -0.204. The van der Waals surface area contributed by atoms with E-state index >= 15 is 0 Å². The number of phosphoric acid groups is 3. The Morgan fingerprint density at radius 3 is 1.64 bits per heavy atom. The van der Waals surface area contributed by atoms with E-state index in [1.165, 1.54) is 13.8 Å². The molecule has 88 heavy (non-hydrogen) atoms. The van der Waals surface area contributed by atoms with E-state index in [1.54, 1.807) is 0 Å². The van der Waals surface area contributed by atoms with E-state index in [2.05, 4.69) is 34.4 Å². The lowest BCUT2D eigenvalue weighted by atomic mass is 9.87. The standard InChI is InChI=1S/C49H68N7O28P3S/c1-4-5-6-7-27(57)12-28(58)13-29(59)14-30(60)15-31(61)16-32(62)17-33(63)18-34(64)19-35(65)20-36(66)21-37(67)22-40(69)88-11-10-51-39(68)8-9-52-47(72)44(71)49(2,3)24-81-87(78,79)84-86(76,77)80-23-38-43(83-85(73,74)75)42(70)48(82-38)56-26-55-41-45(50)53-25-54-46(41)56/h25-26,38,42-44,48,70-71H,4-24H2,1-3H3,(H,51,68)(H,52,72)(H,76,77)(H,78,79)(H2,50,53,54)(H2,73,74,75)/t38-,42-,43-,44+,48-/m1/s1. The van der Waals surface area contributed by atoms with E-state index < -0.39 is 218 Å². The van der Waals surface area contributed by atoms with Crippen LogP contribution in [0.4, 0.5) is 5.82 Å². The summed E-state index contributed by atoms with van der Waals surface area (Å²) in [6, 6.07) is 0. The molecule has 2 amide bonds. The average molecular weight is 1330 g/mol. The number of unbranched alkanes of at least 4 members (excludes halogenated alkanes) is 2. The third-order valence-corrected chi connectivity index (χ3v) is 16.1. The molecule has 7 atom stereocenters. The average Bonchev–Trinajstić information content (AvgIpc) is 4.20. The Morgan fingerprint density at radius 2 is 1.15 bits per heavy atom. The number of ether oxygens (including phenoxy) is 1. The third kappa shape index (κ3) is 28.2. The SMILES string of the molecule is CCCCCC(=O)CC(=O)CC(=O)CC(=O)CC(=O)CC(=O)CC(=O)CC(=O)CC(=O)CC(=O)CC(=O)CC(=O)SCCNC(=O)CCNC(=O)[C@H](O)C(C)(C)COP(=O)(O)OP(=O)(O)OC[C@H]1O[C@@H](n2cnc3c(N)ncnc32)[C@H](O)[C@@H]1OP(=O)(O)O. The molecule has 1 saturated heterocycles. The summed E-state index contributed by atoms with van der Waals surface area (Å²) in [5.41, 5.74) is 4.05. The smallest absolute Gasteiger partial charge is 0.386 e. The zero-order valence-electron chi connectivity index (χ0n) is 47.7. The van der Waals surface area contributed by atoms with Crippen LogP contribution in [0.5, 0.6) is 0 Å². The minimum absolute atomic E-state index is 0.0136. The quantitative estimate of drug-likeness (QED) is 0.0235. The molecule has 2 aromatic rings. The molecule has 35 nitrogen and oxygen atoms in total. The highest BCUT2D eigenvalue weighted by molar-refractivity contribution is 8.13. The van der Waals surface area contributed by atoms with Gasteiger partial charge in [0.1, 0.15) is 99.9 Å². The van der Waals surface area contributed by atoms with Crippen LogP contribution in [0.25, 0.3) is 11.2 Å². The Morgan fingerprint density at radius 1 is 0.670 bits per heavy atom. The molecule has 0 aliphatic carbocycles. The summed E-state index contributed by atoms with van der Waals surface area (Å²) in [5, 5.41) is 25.5. The molecule has 0 bridgehead atoms. The molecule has 0 saturated carbocycles. The van der Waals surface area contributed by atoms with Gasteiger partial charge in [0.05, 0.1) is 90.2 Å². The molecule has 2 aromatic heterocycles. The molecule has 1 aliphatic rings. The van der Waals surface area contributed by atoms with Gasteiger partial charge in [-0.3, -0.25) is 85.3 Å². The van der Waals surface area contributed by atoms with Crippen molar-refractivity contribution < 1.29 is 133 Å². The maximum atomic E-state index is 12.8. The summed E-state index contributed by atoms with van der Waals surface area (Å²) in [6.45, 7) is 1.58. The monoisotopic (exact) mass is 1330 g/mol. The van der Waals surface area contributed by atoms with Gasteiger partial charge in [-0.05, 0) is 6.42 Å². The van der Waals surface area contributed by atoms with Crippen molar-refractivity contribution in [3.05, 3.63) is 12.7 Å². The second-order valence-corrected chi connectivity index (χ2v) is 26.0. The first-order valence-corrected chi connectivity index (χ1v) is 32.1. The molecule has 1 fully saturated rings. The number of nitrogen functional groups attached to an aromatic ring is 1. The largest absolute Gasteiger partial charge is 0.481 e. The highest BCUT2D eigenvalue weighted by Crippen LogP contribution is 2.61. The minimum Gasteiger partial charge on any atom is -0.386 e. The summed E-state index contributed by atoms with van der Waals surface area (Å²) in [7, 11) is -16.7. The molecule has 0 spiro atoms. The fourth-order valence-electron chi connectivity index (χ4n) is 7.99. The van der Waals surface area contributed by atoms with Crippen LogP contribution in [0.1, 0.15) is 130 Å². The number of nitrogens with zero attached hydrogens (tertiary/aromatic N) is 4. The lowest BCUT2D eigenvalue weighted by Crippen LogP contribution is -2.46. The normalized spacial score (nSPS) is 17.6. The number of nitrogens with two attached hydrogens (primary N) is 1. The van der Waals surface area contributed by atoms with E-state index in [-0.39, 0.29) is 54.4 Å². The minimum atomic E-state index is -5.67. The number of phosphoric ester groups is 3. The van der Waals surface area contributed by atoms with Crippen LogP contribution in [0.2, 0.25) is 0 Å². The highest BCUT2D eigenvalue weighted by Gasteiger charge is 2.50. The summed E-state index contributed by atoms with van der Waals surface area (Å²) in [6.07, 6.45) is -14.0. The number of hydrogen-bond donors (Lipinski definition) is 9. The zero-order valence-corrected chi connectivity index (χ0v) is 51.2. The van der Waals surface area contributed by atoms with Crippen molar-refractivity contribution in [2.45, 2.75) is 154 Å². The van der Waals surface area contributed by atoms with Crippen molar-refractivity contribution in [3.63, 3.8) is 0 Å². The molecular formula is C49H68N7O28P3S. The molecule has 0 aromatic carbocycles. The Balaban J connectivity index is 1.29. The van der Waals surface area contributed by atoms with Crippen molar-refractivity contribution in [2.24, 2.45) is 5.41 Å². The Labute approximate surface area is 504 Å². The molecule has 39 heteroatoms. The van der Waals surface area contributed by atoms with Gasteiger partial charge >= 0.3 is 23.5 Å². The van der Waals surface area contributed by atoms with Crippen LogP contribution in [-0.2, 0) is 103 Å². The van der Waals surface area contributed by atoms with Crippen molar-refractivity contribution in [1.82, 2.24) is 30.2 Å². The summed E-state index contributed by atoms with van der Waals surface area (Å²) < 4.78 is 62.3. The molecule has 10 N–H and O–H groups in total. The fraction of sp³-hybridized carbons (Fsp3) is 0.612. The van der Waals surface area contributed by atoms with Gasteiger partial charge in [0.15, 0.2) is 22.8 Å². The first-order valence-electron chi connectivity index (χ1n) is 26.6. The molecule has 2 unspecified atom stereocenters. The lowest BCUT2D eigenvalue weighted by molar-refractivity contribution is -0.137. The number of anilines is 1. The van der Waals surface area contributed by atoms with Gasteiger partial charge in [-0.15, -0.1) is 0 Å². The number of amides is 2. The summed E-state index contributed by atoms with van der Waals surface area (Å²) in [5.74, 6) is -11.3. The van der Waals surface area contributed by atoms with Crippen LogP contribution in [0.15, 0.2) is 12.7 Å². The number of carbonyl (C=O) groups is 14.